The van der Waals surface area contributed by atoms with Gasteiger partial charge >= 0.3 is 6.61 Å². The molecule has 0 saturated carbocycles. The highest BCUT2D eigenvalue weighted by atomic mass is 79.9. The van der Waals surface area contributed by atoms with Gasteiger partial charge in [0.2, 0.25) is 0 Å². The van der Waals surface area contributed by atoms with Crippen molar-refractivity contribution in [2.45, 2.75) is 45.0 Å². The van der Waals surface area contributed by atoms with E-state index in [9.17, 15) is 8.78 Å². The number of piperidine rings is 1. The molecule has 0 aliphatic carbocycles. The van der Waals surface area contributed by atoms with Crippen LogP contribution in [0, 0.1) is 0 Å². The molecule has 3 nitrogen and oxygen atoms in total. The van der Waals surface area contributed by atoms with Crippen LogP contribution in [0.25, 0.3) is 0 Å². The lowest BCUT2D eigenvalue weighted by Gasteiger charge is -2.35. The predicted octanol–water partition coefficient (Wildman–Crippen LogP) is 3.62. The van der Waals surface area contributed by atoms with Gasteiger partial charge in [-0.15, -0.1) is 0 Å². The number of rotatable bonds is 5. The summed E-state index contributed by atoms with van der Waals surface area (Å²) in [6, 6.07) is 6.05. The summed E-state index contributed by atoms with van der Waals surface area (Å²) in [5, 5.41) is 3.46. The lowest BCUT2D eigenvalue weighted by Crippen LogP contribution is -2.45. The maximum atomic E-state index is 12.4. The van der Waals surface area contributed by atoms with Crippen LogP contribution in [0.5, 0.6) is 5.75 Å². The zero-order chi connectivity index (χ0) is 15.4. The van der Waals surface area contributed by atoms with E-state index in [4.69, 9.17) is 0 Å². The summed E-state index contributed by atoms with van der Waals surface area (Å²) in [5.41, 5.74) is 0.747. The van der Waals surface area contributed by atoms with Crippen molar-refractivity contribution in [3.8, 4) is 5.75 Å². The van der Waals surface area contributed by atoms with Gasteiger partial charge in [-0.25, -0.2) is 0 Å². The van der Waals surface area contributed by atoms with Crippen molar-refractivity contribution >= 4 is 15.9 Å². The fourth-order valence-corrected chi connectivity index (χ4v) is 3.03. The number of alkyl halides is 2. The lowest BCUT2D eigenvalue weighted by atomic mass is 9.98. The molecule has 1 heterocycles. The molecular formula is C15H21BrF2N2O. The van der Waals surface area contributed by atoms with Crippen LogP contribution in [0.4, 0.5) is 8.78 Å². The van der Waals surface area contributed by atoms with E-state index < -0.39 is 6.61 Å². The van der Waals surface area contributed by atoms with Crippen LogP contribution in [0.2, 0.25) is 0 Å². The van der Waals surface area contributed by atoms with Crippen LogP contribution in [0.1, 0.15) is 25.3 Å². The molecule has 1 aromatic carbocycles. The van der Waals surface area contributed by atoms with E-state index in [-0.39, 0.29) is 5.75 Å². The van der Waals surface area contributed by atoms with Crippen LogP contribution >= 0.6 is 15.9 Å². The third-order valence-corrected chi connectivity index (χ3v) is 4.52. The van der Waals surface area contributed by atoms with E-state index in [0.717, 1.165) is 29.4 Å². The van der Waals surface area contributed by atoms with Gasteiger partial charge in [-0.1, -0.05) is 15.9 Å². The average molecular weight is 363 g/mol. The summed E-state index contributed by atoms with van der Waals surface area (Å²) < 4.78 is 30.3. The first-order chi connectivity index (χ1) is 9.95. The van der Waals surface area contributed by atoms with Gasteiger partial charge < -0.3 is 15.0 Å². The Morgan fingerprint density at radius 1 is 1.48 bits per heavy atom. The second-order valence-corrected chi connectivity index (χ2v) is 6.48. The molecule has 21 heavy (non-hydrogen) atoms. The Morgan fingerprint density at radius 3 is 2.90 bits per heavy atom. The molecule has 0 radical (unpaired) electrons. The van der Waals surface area contributed by atoms with Gasteiger partial charge in [-0.05, 0) is 51.6 Å². The number of nitrogens with one attached hydrogen (secondary N) is 1. The summed E-state index contributed by atoms with van der Waals surface area (Å²) in [5.74, 6) is 0.238. The lowest BCUT2D eigenvalue weighted by molar-refractivity contribution is -0.0505. The Morgan fingerprint density at radius 2 is 2.24 bits per heavy atom. The van der Waals surface area contributed by atoms with Crippen molar-refractivity contribution in [1.29, 1.82) is 0 Å². The number of ether oxygens (including phenoxy) is 1. The fraction of sp³-hybridized carbons (Fsp3) is 0.600. The minimum Gasteiger partial charge on any atom is -0.434 e. The maximum absolute atomic E-state index is 12.4. The Labute approximate surface area is 132 Å². The highest BCUT2D eigenvalue weighted by Crippen LogP contribution is 2.25. The quantitative estimate of drug-likeness (QED) is 0.865. The van der Waals surface area contributed by atoms with Gasteiger partial charge in [0.15, 0.2) is 0 Å². The Hall–Kier alpha value is -0.720. The molecule has 1 aliphatic rings. The van der Waals surface area contributed by atoms with Gasteiger partial charge in [0.05, 0.1) is 0 Å². The van der Waals surface area contributed by atoms with Crippen LogP contribution in [0.3, 0.4) is 0 Å². The smallest absolute Gasteiger partial charge is 0.387 e. The first-order valence-corrected chi connectivity index (χ1v) is 7.92. The van der Waals surface area contributed by atoms with E-state index in [2.05, 4.69) is 44.9 Å². The molecular weight excluding hydrogens is 342 g/mol. The topological polar surface area (TPSA) is 24.5 Å². The minimum atomic E-state index is -2.80. The summed E-state index contributed by atoms with van der Waals surface area (Å²) in [6.07, 6.45) is 2.13. The molecule has 1 aliphatic heterocycles. The van der Waals surface area contributed by atoms with Crippen molar-refractivity contribution in [1.82, 2.24) is 10.2 Å². The number of benzene rings is 1. The monoisotopic (exact) mass is 362 g/mol. The van der Waals surface area contributed by atoms with E-state index in [1.165, 1.54) is 0 Å². The Kier molecular flexibility index (Phi) is 5.96. The zero-order valence-corrected chi connectivity index (χ0v) is 13.9. The second kappa shape index (κ2) is 7.51. The Bertz CT molecular complexity index is 473. The molecule has 1 aromatic rings. The van der Waals surface area contributed by atoms with Crippen molar-refractivity contribution in [2.75, 3.05) is 13.6 Å². The molecule has 2 atom stereocenters. The van der Waals surface area contributed by atoms with Gasteiger partial charge in [0, 0.05) is 28.7 Å². The van der Waals surface area contributed by atoms with Crippen LogP contribution in [-0.4, -0.2) is 37.2 Å². The van der Waals surface area contributed by atoms with Crippen molar-refractivity contribution in [3.05, 3.63) is 28.2 Å². The van der Waals surface area contributed by atoms with E-state index >= 15 is 0 Å². The third-order valence-electron chi connectivity index (χ3n) is 4.03. The summed E-state index contributed by atoms with van der Waals surface area (Å²) >= 11 is 3.37. The molecule has 6 heteroatoms. The largest absolute Gasteiger partial charge is 0.434 e. The number of hydrogen-bond acceptors (Lipinski definition) is 3. The third kappa shape index (κ3) is 4.90. The summed E-state index contributed by atoms with van der Waals surface area (Å²) in [7, 11) is 2.13. The van der Waals surface area contributed by atoms with E-state index in [1.54, 1.807) is 12.1 Å². The first-order valence-electron chi connectivity index (χ1n) is 7.12. The molecule has 1 N–H and O–H groups in total. The molecule has 1 saturated heterocycles. The van der Waals surface area contributed by atoms with Crippen molar-refractivity contribution < 1.29 is 13.5 Å². The number of nitrogens with zero attached hydrogens (tertiary/aromatic N) is 1. The molecule has 0 spiro atoms. The molecule has 0 aromatic heterocycles. The molecule has 1 fully saturated rings. The van der Waals surface area contributed by atoms with Crippen molar-refractivity contribution in [2.24, 2.45) is 0 Å². The molecule has 2 unspecified atom stereocenters. The van der Waals surface area contributed by atoms with E-state index in [1.807, 2.05) is 6.07 Å². The number of hydrogen-bond donors (Lipinski definition) is 1. The molecule has 2 rings (SSSR count). The predicted molar refractivity (Wildman–Crippen MR) is 82.7 cm³/mol. The van der Waals surface area contributed by atoms with Gasteiger partial charge in [0.1, 0.15) is 5.75 Å². The zero-order valence-electron chi connectivity index (χ0n) is 12.3. The summed E-state index contributed by atoms with van der Waals surface area (Å²) in [6.45, 7) is 0.992. The standard InChI is InChI=1S/C15H21BrF2N2O/c1-10-7-13(5-6-20(10)2)19-9-11-8-12(16)3-4-14(11)21-15(17)18/h3-4,8,10,13,15,19H,5-7,9H2,1-2H3. The highest BCUT2D eigenvalue weighted by Gasteiger charge is 2.22. The van der Waals surface area contributed by atoms with Crippen LogP contribution in [0.15, 0.2) is 22.7 Å². The first kappa shape index (κ1) is 16.6. The maximum Gasteiger partial charge on any atom is 0.387 e. The highest BCUT2D eigenvalue weighted by molar-refractivity contribution is 9.10. The number of halogens is 3. The van der Waals surface area contributed by atoms with Crippen LogP contribution in [-0.2, 0) is 6.54 Å². The number of likely N-dealkylation sites (tertiary alicyclic amines) is 1. The van der Waals surface area contributed by atoms with Gasteiger partial charge in [0.25, 0.3) is 0 Å². The Balaban J connectivity index is 1.97. The minimum absolute atomic E-state index is 0.238. The summed E-state index contributed by atoms with van der Waals surface area (Å²) in [4.78, 5) is 2.34. The van der Waals surface area contributed by atoms with Crippen LogP contribution < -0.4 is 10.1 Å². The van der Waals surface area contributed by atoms with E-state index in [0.29, 0.717) is 18.6 Å². The molecule has 118 valence electrons. The van der Waals surface area contributed by atoms with Crippen molar-refractivity contribution in [3.63, 3.8) is 0 Å². The SMILES string of the molecule is CC1CC(NCc2cc(Br)ccc2OC(F)F)CCN1C. The average Bonchev–Trinajstić information content (AvgIpc) is 2.42. The van der Waals surface area contributed by atoms with Gasteiger partial charge in [-0.2, -0.15) is 8.78 Å². The molecule has 0 amide bonds. The fourth-order valence-electron chi connectivity index (χ4n) is 2.63. The second-order valence-electron chi connectivity index (χ2n) is 5.56. The normalized spacial score (nSPS) is 23.5. The molecule has 0 bridgehead atoms. The van der Waals surface area contributed by atoms with Gasteiger partial charge in [-0.3, -0.25) is 0 Å².